The summed E-state index contributed by atoms with van der Waals surface area (Å²) >= 11 is 3.56. The predicted molar refractivity (Wildman–Crippen MR) is 96.6 cm³/mol. The van der Waals surface area contributed by atoms with Gasteiger partial charge in [-0.1, -0.05) is 41.1 Å². The van der Waals surface area contributed by atoms with E-state index >= 15 is 0 Å². The highest BCUT2D eigenvalue weighted by Crippen LogP contribution is 2.60. The Labute approximate surface area is 159 Å². The molecule has 1 saturated heterocycles. The molecule has 2 saturated carbocycles. The zero-order chi connectivity index (χ0) is 18.4. The lowest BCUT2D eigenvalue weighted by Crippen LogP contribution is -2.39. The van der Waals surface area contributed by atoms with Crippen LogP contribution in [0.5, 0.6) is 0 Å². The first-order chi connectivity index (χ1) is 12.5. The number of hydrogen-bond acceptors (Lipinski definition) is 5. The van der Waals surface area contributed by atoms with Crippen LogP contribution in [-0.4, -0.2) is 35.4 Å². The molecule has 0 spiro atoms. The van der Waals surface area contributed by atoms with E-state index in [2.05, 4.69) is 21.2 Å². The first-order valence-corrected chi connectivity index (χ1v) is 9.81. The molecule has 1 aliphatic heterocycles. The van der Waals surface area contributed by atoms with Gasteiger partial charge in [0.05, 0.1) is 16.7 Å². The molecule has 0 radical (unpaired) electrons. The Balaban J connectivity index is 1.37. The van der Waals surface area contributed by atoms with Crippen LogP contribution in [0.2, 0.25) is 0 Å². The number of para-hydroxylation sites is 1. The van der Waals surface area contributed by atoms with Gasteiger partial charge in [-0.15, -0.1) is 0 Å². The lowest BCUT2D eigenvalue weighted by molar-refractivity contribution is -0.157. The van der Waals surface area contributed by atoms with Gasteiger partial charge < -0.3 is 14.8 Å². The molecule has 3 aliphatic rings. The highest BCUT2D eigenvalue weighted by molar-refractivity contribution is 9.09. The second-order valence-corrected chi connectivity index (χ2v) is 8.18. The molecule has 1 aromatic rings. The summed E-state index contributed by atoms with van der Waals surface area (Å²) in [5, 5.41) is 2.78. The third kappa shape index (κ3) is 2.73. The van der Waals surface area contributed by atoms with Gasteiger partial charge in [0.25, 0.3) is 5.91 Å². The lowest BCUT2D eigenvalue weighted by Gasteiger charge is -2.26. The standard InChI is InChI=1S/C19H20BrNO5/c1-2-9-5-3-4-6-12(9)21-13(22)8-25-18(23)14-10-7-11-15(14)19(24)26-17(11)16(10)20/h3-6,10-11,14-17H,2,7-8H2,1H3,(H,21,22)/t10-,11-,14-,15+,16-,17+/m1/s1. The first kappa shape index (κ1) is 17.5. The van der Waals surface area contributed by atoms with Crippen molar-refractivity contribution in [2.75, 3.05) is 11.9 Å². The van der Waals surface area contributed by atoms with Gasteiger partial charge >= 0.3 is 11.9 Å². The number of benzene rings is 1. The maximum absolute atomic E-state index is 12.6. The Kier molecular flexibility index (Phi) is 4.50. The second kappa shape index (κ2) is 6.68. The first-order valence-electron chi connectivity index (χ1n) is 8.90. The van der Waals surface area contributed by atoms with Crippen molar-refractivity contribution >= 4 is 39.5 Å². The fraction of sp³-hybridized carbons (Fsp3) is 0.526. The summed E-state index contributed by atoms with van der Waals surface area (Å²) in [7, 11) is 0. The number of halogens is 1. The van der Waals surface area contributed by atoms with Crippen LogP contribution in [0.1, 0.15) is 18.9 Å². The SMILES string of the molecule is CCc1ccccc1NC(=O)COC(=O)[C@@H]1[C@H]2C[C@H]3[C@H](OC(=O)[C@@H]31)[C@@H]2Br. The number of aryl methyl sites for hydroxylation is 1. The zero-order valence-corrected chi connectivity index (χ0v) is 15.9. The maximum Gasteiger partial charge on any atom is 0.310 e. The minimum absolute atomic E-state index is 0.0157. The normalized spacial score (nSPS) is 33.8. The van der Waals surface area contributed by atoms with Crippen molar-refractivity contribution in [2.45, 2.75) is 30.7 Å². The molecule has 4 rings (SSSR count). The van der Waals surface area contributed by atoms with E-state index < -0.39 is 17.8 Å². The van der Waals surface area contributed by atoms with Gasteiger partial charge in [-0.25, -0.2) is 0 Å². The smallest absolute Gasteiger partial charge is 0.310 e. The number of carbonyl (C=O) groups excluding carboxylic acids is 3. The van der Waals surface area contributed by atoms with E-state index in [1.807, 2.05) is 31.2 Å². The summed E-state index contributed by atoms with van der Waals surface area (Å²) in [6.07, 6.45) is 1.45. The van der Waals surface area contributed by atoms with Crippen LogP contribution in [0, 0.1) is 23.7 Å². The van der Waals surface area contributed by atoms with E-state index in [1.54, 1.807) is 0 Å². The highest BCUT2D eigenvalue weighted by atomic mass is 79.9. The average molecular weight is 422 g/mol. The van der Waals surface area contributed by atoms with Gasteiger partial charge in [0.15, 0.2) is 6.61 Å². The number of carbonyl (C=O) groups is 3. The molecule has 2 aliphatic carbocycles. The van der Waals surface area contributed by atoms with Crippen molar-refractivity contribution in [2.24, 2.45) is 23.7 Å². The fourth-order valence-electron chi connectivity index (χ4n) is 4.66. The number of hydrogen-bond donors (Lipinski definition) is 1. The molecule has 26 heavy (non-hydrogen) atoms. The number of nitrogens with one attached hydrogen (secondary N) is 1. The molecule has 0 unspecified atom stereocenters. The quantitative estimate of drug-likeness (QED) is 0.582. The fourth-order valence-corrected chi connectivity index (χ4v) is 5.71. The van der Waals surface area contributed by atoms with Crippen molar-refractivity contribution in [3.63, 3.8) is 0 Å². The van der Waals surface area contributed by atoms with Crippen LogP contribution in [0.4, 0.5) is 5.69 Å². The van der Waals surface area contributed by atoms with Gasteiger partial charge in [-0.3, -0.25) is 14.4 Å². The van der Waals surface area contributed by atoms with E-state index in [0.717, 1.165) is 24.1 Å². The molecule has 1 N–H and O–H groups in total. The second-order valence-electron chi connectivity index (χ2n) is 7.13. The predicted octanol–water partition coefficient (Wildman–Crippen LogP) is 2.30. The van der Waals surface area contributed by atoms with Gasteiger partial charge in [-0.05, 0) is 30.4 Å². The third-order valence-corrected chi connectivity index (χ3v) is 7.01. The number of amides is 1. The topological polar surface area (TPSA) is 81.7 Å². The highest BCUT2D eigenvalue weighted by Gasteiger charge is 2.68. The molecule has 7 heteroatoms. The molecule has 1 heterocycles. The van der Waals surface area contributed by atoms with Crippen molar-refractivity contribution in [1.29, 1.82) is 0 Å². The molecule has 0 aromatic heterocycles. The molecular formula is C19H20BrNO5. The monoisotopic (exact) mass is 421 g/mol. The molecule has 138 valence electrons. The van der Waals surface area contributed by atoms with Gasteiger partial charge in [0.2, 0.25) is 0 Å². The molecular weight excluding hydrogens is 402 g/mol. The summed E-state index contributed by atoms with van der Waals surface area (Å²) in [6.45, 7) is 1.65. The van der Waals surface area contributed by atoms with E-state index in [9.17, 15) is 14.4 Å². The maximum atomic E-state index is 12.6. The van der Waals surface area contributed by atoms with Crippen LogP contribution >= 0.6 is 15.9 Å². The minimum atomic E-state index is -0.522. The minimum Gasteiger partial charge on any atom is -0.461 e. The van der Waals surface area contributed by atoms with Crippen molar-refractivity contribution in [3.8, 4) is 0 Å². The summed E-state index contributed by atoms with van der Waals surface area (Å²) in [5.41, 5.74) is 1.74. The number of rotatable bonds is 5. The summed E-state index contributed by atoms with van der Waals surface area (Å²) in [6, 6.07) is 7.51. The average Bonchev–Trinajstić information content (AvgIpc) is 3.24. The van der Waals surface area contributed by atoms with E-state index in [0.29, 0.717) is 0 Å². The molecule has 6 nitrogen and oxygen atoms in total. The third-order valence-electron chi connectivity index (χ3n) is 5.81. The molecule has 6 atom stereocenters. The van der Waals surface area contributed by atoms with Crippen molar-refractivity contribution in [1.82, 2.24) is 0 Å². The molecule has 3 fully saturated rings. The van der Waals surface area contributed by atoms with E-state index in [1.165, 1.54) is 0 Å². The lowest BCUT2D eigenvalue weighted by atomic mass is 9.80. The van der Waals surface area contributed by atoms with Crippen LogP contribution in [0.25, 0.3) is 0 Å². The van der Waals surface area contributed by atoms with Crippen molar-refractivity contribution < 1.29 is 23.9 Å². The molecule has 1 aromatic carbocycles. The number of ether oxygens (including phenoxy) is 2. The molecule has 1 amide bonds. The van der Waals surface area contributed by atoms with Gasteiger partial charge in [0.1, 0.15) is 6.10 Å². The Hall–Kier alpha value is -1.89. The number of alkyl halides is 1. The largest absolute Gasteiger partial charge is 0.461 e. The molecule has 2 bridgehead atoms. The number of esters is 2. The van der Waals surface area contributed by atoms with Crippen LogP contribution in [0.15, 0.2) is 24.3 Å². The van der Waals surface area contributed by atoms with E-state index in [-0.39, 0.29) is 41.3 Å². The Morgan fingerprint density at radius 1 is 1.31 bits per heavy atom. The Morgan fingerprint density at radius 2 is 2.08 bits per heavy atom. The van der Waals surface area contributed by atoms with Gasteiger partial charge in [-0.2, -0.15) is 0 Å². The van der Waals surface area contributed by atoms with Crippen molar-refractivity contribution in [3.05, 3.63) is 29.8 Å². The summed E-state index contributed by atoms with van der Waals surface area (Å²) in [4.78, 5) is 36.8. The number of anilines is 1. The zero-order valence-electron chi connectivity index (χ0n) is 14.3. The summed E-state index contributed by atoms with van der Waals surface area (Å²) in [5.74, 6) is -2.01. The van der Waals surface area contributed by atoms with Gasteiger partial charge in [0, 0.05) is 11.6 Å². The van der Waals surface area contributed by atoms with Crippen LogP contribution < -0.4 is 5.32 Å². The van der Waals surface area contributed by atoms with Crippen LogP contribution in [0.3, 0.4) is 0 Å². The Morgan fingerprint density at radius 3 is 2.85 bits per heavy atom. The summed E-state index contributed by atoms with van der Waals surface area (Å²) < 4.78 is 10.6. The Bertz CT molecular complexity index is 766. The van der Waals surface area contributed by atoms with E-state index in [4.69, 9.17) is 9.47 Å². The number of fused-ring (bicyclic) bond motifs is 1. The van der Waals surface area contributed by atoms with Crippen LogP contribution in [-0.2, 0) is 30.3 Å².